The summed E-state index contributed by atoms with van der Waals surface area (Å²) in [5, 5.41) is 2.44. The Morgan fingerprint density at radius 3 is 2.22 bits per heavy atom. The third-order valence-electron chi connectivity index (χ3n) is 4.52. The highest BCUT2D eigenvalue weighted by molar-refractivity contribution is 7.89. The fourth-order valence-corrected chi connectivity index (χ4v) is 4.25. The van der Waals surface area contributed by atoms with Gasteiger partial charge in [-0.1, -0.05) is 42.5 Å². The molecule has 0 unspecified atom stereocenters. The molecule has 3 aromatic carbocycles. The number of nitrogens with two attached hydrogens (primary N) is 1. The van der Waals surface area contributed by atoms with Gasteiger partial charge in [-0.05, 0) is 42.3 Å². The summed E-state index contributed by atoms with van der Waals surface area (Å²) in [6.45, 7) is 0. The van der Waals surface area contributed by atoms with Crippen LogP contribution in [0.1, 0.15) is 15.9 Å². The fraction of sp³-hybridized carbons (Fsp3) is 0.0909. The molecule has 1 atom stereocenters. The first kappa shape index (κ1) is 23.0. The van der Waals surface area contributed by atoms with Crippen LogP contribution in [0.15, 0.2) is 77.7 Å². The van der Waals surface area contributed by atoms with Gasteiger partial charge in [0.1, 0.15) is 22.6 Å². The molecule has 0 fully saturated rings. The highest BCUT2D eigenvalue weighted by Gasteiger charge is 2.28. The van der Waals surface area contributed by atoms with Crippen molar-refractivity contribution in [3.63, 3.8) is 0 Å². The SMILES string of the molecule is NC(=O)c1cc(NC(=O)[C@H](Cc2ccccc2)NS(=O)(=O)c2ccccc2F)ccc1F. The second-order valence-electron chi connectivity index (χ2n) is 6.84. The van der Waals surface area contributed by atoms with Crippen LogP contribution < -0.4 is 15.8 Å². The minimum Gasteiger partial charge on any atom is -0.366 e. The third kappa shape index (κ3) is 5.54. The zero-order chi connectivity index (χ0) is 23.3. The Morgan fingerprint density at radius 2 is 1.56 bits per heavy atom. The lowest BCUT2D eigenvalue weighted by Gasteiger charge is -2.19. The van der Waals surface area contributed by atoms with Gasteiger partial charge in [-0.3, -0.25) is 9.59 Å². The predicted molar refractivity (Wildman–Crippen MR) is 114 cm³/mol. The van der Waals surface area contributed by atoms with E-state index < -0.39 is 50.0 Å². The van der Waals surface area contributed by atoms with E-state index in [9.17, 15) is 26.8 Å². The summed E-state index contributed by atoms with van der Waals surface area (Å²) in [6, 6.07) is 15.2. The van der Waals surface area contributed by atoms with Crippen LogP contribution in [0.5, 0.6) is 0 Å². The summed E-state index contributed by atoms with van der Waals surface area (Å²) < 4.78 is 55.5. The predicted octanol–water partition coefficient (Wildman–Crippen LogP) is 2.59. The van der Waals surface area contributed by atoms with Crippen molar-refractivity contribution in [2.45, 2.75) is 17.4 Å². The summed E-state index contributed by atoms with van der Waals surface area (Å²) in [5.41, 5.74) is 5.36. The van der Waals surface area contributed by atoms with Crippen LogP contribution >= 0.6 is 0 Å². The quantitative estimate of drug-likeness (QED) is 0.480. The highest BCUT2D eigenvalue weighted by atomic mass is 32.2. The minimum atomic E-state index is -4.40. The molecule has 3 aromatic rings. The molecule has 166 valence electrons. The number of carbonyl (C=O) groups excluding carboxylic acids is 2. The van der Waals surface area contributed by atoms with Gasteiger partial charge in [0.2, 0.25) is 15.9 Å². The molecule has 32 heavy (non-hydrogen) atoms. The first-order valence-electron chi connectivity index (χ1n) is 9.38. The molecule has 0 radical (unpaired) electrons. The largest absolute Gasteiger partial charge is 0.366 e. The Balaban J connectivity index is 1.90. The van der Waals surface area contributed by atoms with Gasteiger partial charge in [-0.25, -0.2) is 17.2 Å². The monoisotopic (exact) mass is 459 g/mol. The lowest BCUT2D eigenvalue weighted by atomic mass is 10.1. The smallest absolute Gasteiger partial charge is 0.251 e. The van der Waals surface area contributed by atoms with Gasteiger partial charge in [-0.15, -0.1) is 0 Å². The van der Waals surface area contributed by atoms with Crippen molar-refractivity contribution in [3.05, 3.63) is 95.6 Å². The Hall–Kier alpha value is -3.63. The van der Waals surface area contributed by atoms with E-state index in [2.05, 4.69) is 10.0 Å². The molecule has 10 heteroatoms. The van der Waals surface area contributed by atoms with Crippen molar-refractivity contribution >= 4 is 27.5 Å². The molecular weight excluding hydrogens is 440 g/mol. The Bertz CT molecular complexity index is 1250. The molecule has 4 N–H and O–H groups in total. The van der Waals surface area contributed by atoms with Crippen molar-refractivity contribution in [2.75, 3.05) is 5.32 Å². The van der Waals surface area contributed by atoms with E-state index in [1.54, 1.807) is 30.3 Å². The van der Waals surface area contributed by atoms with Crippen LogP contribution in [0.25, 0.3) is 0 Å². The number of benzene rings is 3. The second kappa shape index (κ2) is 9.67. The van der Waals surface area contributed by atoms with E-state index in [4.69, 9.17) is 5.73 Å². The van der Waals surface area contributed by atoms with Crippen molar-refractivity contribution in [1.82, 2.24) is 4.72 Å². The van der Waals surface area contributed by atoms with Gasteiger partial charge < -0.3 is 11.1 Å². The Labute approximate surface area is 183 Å². The van der Waals surface area contributed by atoms with Crippen LogP contribution in [0.3, 0.4) is 0 Å². The number of rotatable bonds is 8. The molecule has 0 saturated heterocycles. The molecule has 2 amide bonds. The third-order valence-corrected chi connectivity index (χ3v) is 6.03. The first-order chi connectivity index (χ1) is 15.2. The molecule has 0 spiro atoms. The summed E-state index contributed by atoms with van der Waals surface area (Å²) in [6.07, 6.45) is -0.0514. The number of anilines is 1. The van der Waals surface area contributed by atoms with Gasteiger partial charge >= 0.3 is 0 Å². The minimum absolute atomic E-state index is 0.0355. The number of carbonyl (C=O) groups is 2. The Morgan fingerprint density at radius 1 is 0.906 bits per heavy atom. The average Bonchev–Trinajstić information content (AvgIpc) is 2.75. The van der Waals surface area contributed by atoms with Crippen LogP contribution in [-0.2, 0) is 21.2 Å². The summed E-state index contributed by atoms with van der Waals surface area (Å²) in [7, 11) is -4.40. The van der Waals surface area contributed by atoms with E-state index in [1.807, 2.05) is 0 Å². The number of hydrogen-bond acceptors (Lipinski definition) is 4. The Kier molecular flexibility index (Phi) is 6.96. The van der Waals surface area contributed by atoms with E-state index in [-0.39, 0.29) is 12.1 Å². The second-order valence-corrected chi connectivity index (χ2v) is 8.52. The number of nitrogens with one attached hydrogen (secondary N) is 2. The molecule has 3 rings (SSSR count). The van der Waals surface area contributed by atoms with Gasteiger partial charge in [0.15, 0.2) is 0 Å². The zero-order valence-corrected chi connectivity index (χ0v) is 17.4. The van der Waals surface area contributed by atoms with Gasteiger partial charge in [-0.2, -0.15) is 4.72 Å². The molecule has 7 nitrogen and oxygen atoms in total. The van der Waals surface area contributed by atoms with Crippen LogP contribution in [-0.4, -0.2) is 26.3 Å². The van der Waals surface area contributed by atoms with Crippen molar-refractivity contribution in [2.24, 2.45) is 5.73 Å². The summed E-state index contributed by atoms with van der Waals surface area (Å²) in [5.74, 6) is -3.66. The zero-order valence-electron chi connectivity index (χ0n) is 16.6. The lowest BCUT2D eigenvalue weighted by Crippen LogP contribution is -2.45. The van der Waals surface area contributed by atoms with Gasteiger partial charge in [0.05, 0.1) is 5.56 Å². The molecule has 0 bridgehead atoms. The molecular formula is C22H19F2N3O4S. The number of hydrogen-bond donors (Lipinski definition) is 3. The van der Waals surface area contributed by atoms with Gasteiger partial charge in [0, 0.05) is 5.69 Å². The molecule has 0 heterocycles. The molecule has 0 aliphatic carbocycles. The van der Waals surface area contributed by atoms with Crippen molar-refractivity contribution < 1.29 is 26.8 Å². The standard InChI is InChI=1S/C22H19F2N3O4S/c23-17-11-10-15(13-16(17)21(25)28)26-22(29)19(12-14-6-2-1-3-7-14)27-32(30,31)20-9-5-4-8-18(20)24/h1-11,13,19,27H,12H2,(H2,25,28)(H,26,29)/t19-/m0/s1. The number of sulfonamides is 1. The normalized spacial score (nSPS) is 12.2. The topological polar surface area (TPSA) is 118 Å². The van der Waals surface area contributed by atoms with Crippen molar-refractivity contribution in [1.29, 1.82) is 0 Å². The van der Waals surface area contributed by atoms with E-state index >= 15 is 0 Å². The maximum absolute atomic E-state index is 14.1. The maximum Gasteiger partial charge on any atom is 0.251 e. The molecule has 0 aliphatic heterocycles. The number of halogens is 2. The fourth-order valence-electron chi connectivity index (χ4n) is 2.97. The molecule has 0 saturated carbocycles. The highest BCUT2D eigenvalue weighted by Crippen LogP contribution is 2.18. The average molecular weight is 459 g/mol. The van der Waals surface area contributed by atoms with Crippen LogP contribution in [0.4, 0.5) is 14.5 Å². The van der Waals surface area contributed by atoms with Crippen LogP contribution in [0.2, 0.25) is 0 Å². The first-order valence-corrected chi connectivity index (χ1v) is 10.9. The number of amides is 2. The van der Waals surface area contributed by atoms with Crippen LogP contribution in [0, 0.1) is 11.6 Å². The maximum atomic E-state index is 14.1. The summed E-state index contributed by atoms with van der Waals surface area (Å²) >= 11 is 0. The number of primary amides is 1. The van der Waals surface area contributed by atoms with Crippen molar-refractivity contribution in [3.8, 4) is 0 Å². The lowest BCUT2D eigenvalue weighted by molar-refractivity contribution is -0.117. The van der Waals surface area contributed by atoms with E-state index in [1.165, 1.54) is 18.2 Å². The van der Waals surface area contributed by atoms with Gasteiger partial charge in [0.25, 0.3) is 5.91 Å². The molecule has 0 aliphatic rings. The van der Waals surface area contributed by atoms with E-state index in [0.29, 0.717) is 5.56 Å². The van der Waals surface area contributed by atoms with E-state index in [0.717, 1.165) is 24.3 Å². The molecule has 0 aromatic heterocycles. The summed E-state index contributed by atoms with van der Waals surface area (Å²) in [4.78, 5) is 23.7.